The summed E-state index contributed by atoms with van der Waals surface area (Å²) in [4.78, 5) is 12.3. The van der Waals surface area contributed by atoms with Crippen molar-refractivity contribution >= 4 is 17.4 Å². The normalized spacial score (nSPS) is 23.3. The Labute approximate surface area is 120 Å². The van der Waals surface area contributed by atoms with Crippen molar-refractivity contribution in [2.24, 2.45) is 17.6 Å². The largest absolute Gasteiger partial charge is 0.330 e. The monoisotopic (exact) mass is 279 g/mol. The molecule has 0 saturated heterocycles. The van der Waals surface area contributed by atoms with Crippen LogP contribution in [0.15, 0.2) is 18.2 Å². The molecule has 0 aliphatic heterocycles. The molecule has 3 heteroatoms. The van der Waals surface area contributed by atoms with Crippen molar-refractivity contribution in [1.29, 1.82) is 0 Å². The molecule has 1 aromatic rings. The summed E-state index contributed by atoms with van der Waals surface area (Å²) in [5, 5.41) is 0.712. The Morgan fingerprint density at radius 3 is 2.58 bits per heavy atom. The van der Waals surface area contributed by atoms with Crippen LogP contribution in [0.25, 0.3) is 0 Å². The van der Waals surface area contributed by atoms with Gasteiger partial charge >= 0.3 is 0 Å². The molecule has 0 unspecified atom stereocenters. The maximum Gasteiger partial charge on any atom is 0.140 e. The Morgan fingerprint density at radius 1 is 1.32 bits per heavy atom. The van der Waals surface area contributed by atoms with Crippen LogP contribution in [0.1, 0.15) is 36.8 Å². The highest BCUT2D eigenvalue weighted by Crippen LogP contribution is 2.30. The predicted molar refractivity (Wildman–Crippen MR) is 79.4 cm³/mol. The maximum atomic E-state index is 12.3. The first kappa shape index (κ1) is 14.5. The van der Waals surface area contributed by atoms with Gasteiger partial charge < -0.3 is 5.73 Å². The molecule has 1 aliphatic carbocycles. The Bertz CT molecular complexity index is 450. The zero-order valence-corrected chi connectivity index (χ0v) is 12.2. The molecule has 19 heavy (non-hydrogen) atoms. The number of aryl methyl sites for hydroxylation is 1. The zero-order chi connectivity index (χ0) is 13.8. The van der Waals surface area contributed by atoms with E-state index in [1.54, 1.807) is 0 Å². The van der Waals surface area contributed by atoms with Gasteiger partial charge in [-0.05, 0) is 62.3 Å². The molecular formula is C16H22ClNO. The number of hydrogen-bond acceptors (Lipinski definition) is 2. The molecular weight excluding hydrogens is 258 g/mol. The molecule has 0 radical (unpaired) electrons. The minimum Gasteiger partial charge on any atom is -0.330 e. The number of rotatable bonds is 4. The third-order valence-corrected chi connectivity index (χ3v) is 4.56. The topological polar surface area (TPSA) is 43.1 Å². The lowest BCUT2D eigenvalue weighted by molar-refractivity contribution is -0.123. The number of Topliss-reactive ketones (excluding diaryl/α,β-unsaturated/α-hetero) is 1. The summed E-state index contributed by atoms with van der Waals surface area (Å²) in [6, 6.07) is 5.91. The number of carbonyl (C=O) groups excluding carboxylic acids is 1. The lowest BCUT2D eigenvalue weighted by Gasteiger charge is -2.26. The van der Waals surface area contributed by atoms with Crippen molar-refractivity contribution in [2.75, 3.05) is 6.54 Å². The average molecular weight is 280 g/mol. The van der Waals surface area contributed by atoms with Gasteiger partial charge in [0.1, 0.15) is 5.78 Å². The van der Waals surface area contributed by atoms with Gasteiger partial charge in [0.15, 0.2) is 0 Å². The lowest BCUT2D eigenvalue weighted by atomic mass is 9.79. The highest BCUT2D eigenvalue weighted by molar-refractivity contribution is 6.31. The molecule has 0 aromatic heterocycles. The second-order valence-corrected chi connectivity index (χ2v) is 6.10. The summed E-state index contributed by atoms with van der Waals surface area (Å²) < 4.78 is 0. The summed E-state index contributed by atoms with van der Waals surface area (Å²) in [6.45, 7) is 2.76. The third-order valence-electron chi connectivity index (χ3n) is 4.21. The standard InChI is InChI=1S/C16H22ClNO/c1-11-2-5-14(15(17)8-11)9-16(19)13-6-3-12(10-18)4-7-13/h2,5,8,12-13H,3-4,6-7,9-10,18H2,1H3. The summed E-state index contributed by atoms with van der Waals surface area (Å²) in [5.41, 5.74) is 7.77. The summed E-state index contributed by atoms with van der Waals surface area (Å²) >= 11 is 6.19. The van der Waals surface area contributed by atoms with Gasteiger partial charge in [0.25, 0.3) is 0 Å². The molecule has 0 heterocycles. The zero-order valence-electron chi connectivity index (χ0n) is 11.5. The highest BCUT2D eigenvalue weighted by atomic mass is 35.5. The van der Waals surface area contributed by atoms with Gasteiger partial charge in [-0.3, -0.25) is 4.79 Å². The van der Waals surface area contributed by atoms with Crippen LogP contribution in [0.2, 0.25) is 5.02 Å². The van der Waals surface area contributed by atoms with E-state index in [0.29, 0.717) is 23.1 Å². The van der Waals surface area contributed by atoms with Gasteiger partial charge in [-0.15, -0.1) is 0 Å². The van der Waals surface area contributed by atoms with Crippen molar-refractivity contribution in [3.05, 3.63) is 34.3 Å². The van der Waals surface area contributed by atoms with Crippen molar-refractivity contribution in [3.63, 3.8) is 0 Å². The van der Waals surface area contributed by atoms with Gasteiger partial charge in [0, 0.05) is 17.4 Å². The van der Waals surface area contributed by atoms with Crippen LogP contribution >= 0.6 is 11.6 Å². The fourth-order valence-electron chi connectivity index (χ4n) is 2.85. The Balaban J connectivity index is 1.94. The van der Waals surface area contributed by atoms with E-state index in [9.17, 15) is 4.79 Å². The van der Waals surface area contributed by atoms with Crippen molar-refractivity contribution in [2.45, 2.75) is 39.0 Å². The average Bonchev–Trinajstić information content (AvgIpc) is 2.42. The van der Waals surface area contributed by atoms with Crippen LogP contribution < -0.4 is 5.73 Å². The molecule has 1 aromatic carbocycles. The van der Waals surface area contributed by atoms with Crippen LogP contribution in [0, 0.1) is 18.8 Å². The number of benzene rings is 1. The predicted octanol–water partition coefficient (Wildman–Crippen LogP) is 3.53. The number of ketones is 1. The lowest BCUT2D eigenvalue weighted by Crippen LogP contribution is -2.26. The van der Waals surface area contributed by atoms with E-state index < -0.39 is 0 Å². The minimum atomic E-state index is 0.208. The van der Waals surface area contributed by atoms with E-state index >= 15 is 0 Å². The molecule has 0 spiro atoms. The van der Waals surface area contributed by atoms with E-state index in [1.165, 1.54) is 0 Å². The number of hydrogen-bond donors (Lipinski definition) is 1. The molecule has 1 aliphatic rings. The fourth-order valence-corrected chi connectivity index (χ4v) is 3.15. The van der Waals surface area contributed by atoms with Crippen LogP contribution in [0.5, 0.6) is 0 Å². The summed E-state index contributed by atoms with van der Waals surface area (Å²) in [6.07, 6.45) is 4.63. The van der Waals surface area contributed by atoms with Gasteiger partial charge in [-0.25, -0.2) is 0 Å². The number of carbonyl (C=O) groups is 1. The first-order valence-corrected chi connectivity index (χ1v) is 7.45. The second-order valence-electron chi connectivity index (χ2n) is 5.69. The van der Waals surface area contributed by atoms with Crippen LogP contribution in [0.4, 0.5) is 0 Å². The number of halogens is 1. The molecule has 2 nitrogen and oxygen atoms in total. The molecule has 0 amide bonds. The van der Waals surface area contributed by atoms with Crippen LogP contribution in [-0.4, -0.2) is 12.3 Å². The van der Waals surface area contributed by atoms with Crippen LogP contribution in [0.3, 0.4) is 0 Å². The molecule has 1 fully saturated rings. The Kier molecular flexibility index (Phi) is 5.00. The van der Waals surface area contributed by atoms with E-state index in [-0.39, 0.29) is 5.92 Å². The first-order valence-electron chi connectivity index (χ1n) is 7.08. The van der Waals surface area contributed by atoms with Crippen molar-refractivity contribution in [1.82, 2.24) is 0 Å². The maximum absolute atomic E-state index is 12.3. The van der Waals surface area contributed by atoms with Gasteiger partial charge in [0.2, 0.25) is 0 Å². The minimum absolute atomic E-state index is 0.208. The van der Waals surface area contributed by atoms with E-state index in [1.807, 2.05) is 25.1 Å². The van der Waals surface area contributed by atoms with E-state index in [2.05, 4.69) is 0 Å². The first-order chi connectivity index (χ1) is 9.10. The van der Waals surface area contributed by atoms with Gasteiger partial charge in [-0.1, -0.05) is 23.7 Å². The van der Waals surface area contributed by atoms with E-state index in [4.69, 9.17) is 17.3 Å². The molecule has 2 rings (SSSR count). The Hall–Kier alpha value is -0.860. The number of nitrogens with two attached hydrogens (primary N) is 1. The smallest absolute Gasteiger partial charge is 0.140 e. The van der Waals surface area contributed by atoms with Gasteiger partial charge in [-0.2, -0.15) is 0 Å². The molecule has 0 atom stereocenters. The summed E-state index contributed by atoms with van der Waals surface area (Å²) in [7, 11) is 0. The van der Waals surface area contributed by atoms with Crippen molar-refractivity contribution in [3.8, 4) is 0 Å². The quantitative estimate of drug-likeness (QED) is 0.916. The molecule has 1 saturated carbocycles. The fraction of sp³-hybridized carbons (Fsp3) is 0.562. The third kappa shape index (κ3) is 3.80. The Morgan fingerprint density at radius 2 is 2.00 bits per heavy atom. The van der Waals surface area contributed by atoms with Crippen LogP contribution in [-0.2, 0) is 11.2 Å². The van der Waals surface area contributed by atoms with E-state index in [0.717, 1.165) is 43.4 Å². The molecule has 104 valence electrons. The second kappa shape index (κ2) is 6.53. The van der Waals surface area contributed by atoms with Gasteiger partial charge in [0.05, 0.1) is 0 Å². The molecule has 2 N–H and O–H groups in total. The molecule has 0 bridgehead atoms. The van der Waals surface area contributed by atoms with Crippen molar-refractivity contribution < 1.29 is 4.79 Å². The highest BCUT2D eigenvalue weighted by Gasteiger charge is 2.25. The summed E-state index contributed by atoms with van der Waals surface area (Å²) in [5.74, 6) is 1.16. The SMILES string of the molecule is Cc1ccc(CC(=O)C2CCC(CN)CC2)c(Cl)c1.